The van der Waals surface area contributed by atoms with Crippen molar-refractivity contribution in [3.05, 3.63) is 53.2 Å². The molecule has 0 aliphatic carbocycles. The SMILES string of the molecule is COc1cc2ncc(CC(N)=O)c(Nc3cccc(CN)c3C)c2cc1OC. The number of carbonyl (C=O) groups excluding carboxylic acids is 1. The summed E-state index contributed by atoms with van der Waals surface area (Å²) in [7, 11) is 3.15. The van der Waals surface area contributed by atoms with Crippen molar-refractivity contribution in [3.8, 4) is 11.5 Å². The van der Waals surface area contributed by atoms with Gasteiger partial charge in [0.2, 0.25) is 5.91 Å². The second-order valence-electron chi connectivity index (χ2n) is 6.44. The molecule has 3 rings (SSSR count). The van der Waals surface area contributed by atoms with Crippen molar-refractivity contribution in [2.75, 3.05) is 19.5 Å². The number of amides is 1. The van der Waals surface area contributed by atoms with Gasteiger partial charge in [-0.3, -0.25) is 9.78 Å². The molecule has 0 aliphatic rings. The highest BCUT2D eigenvalue weighted by atomic mass is 16.5. The van der Waals surface area contributed by atoms with Crippen LogP contribution in [0.15, 0.2) is 36.5 Å². The Morgan fingerprint density at radius 1 is 1.14 bits per heavy atom. The maximum atomic E-state index is 11.6. The van der Waals surface area contributed by atoms with Crippen LogP contribution in [0.5, 0.6) is 11.5 Å². The minimum Gasteiger partial charge on any atom is -0.493 e. The monoisotopic (exact) mass is 380 g/mol. The van der Waals surface area contributed by atoms with Gasteiger partial charge in [0, 0.05) is 35.4 Å². The van der Waals surface area contributed by atoms with E-state index in [1.165, 1.54) is 0 Å². The van der Waals surface area contributed by atoms with Crippen LogP contribution in [0, 0.1) is 6.92 Å². The molecule has 5 N–H and O–H groups in total. The molecule has 1 amide bonds. The molecule has 0 unspecified atom stereocenters. The van der Waals surface area contributed by atoms with Crippen LogP contribution < -0.4 is 26.3 Å². The number of carbonyl (C=O) groups is 1. The van der Waals surface area contributed by atoms with Crippen LogP contribution >= 0.6 is 0 Å². The van der Waals surface area contributed by atoms with Gasteiger partial charge >= 0.3 is 0 Å². The van der Waals surface area contributed by atoms with Crippen LogP contribution in [-0.4, -0.2) is 25.1 Å². The molecule has 2 aromatic carbocycles. The van der Waals surface area contributed by atoms with Gasteiger partial charge in [-0.2, -0.15) is 0 Å². The summed E-state index contributed by atoms with van der Waals surface area (Å²) in [5.74, 6) is 0.720. The molecule has 0 atom stereocenters. The van der Waals surface area contributed by atoms with Gasteiger partial charge in [0.05, 0.1) is 31.8 Å². The van der Waals surface area contributed by atoms with Gasteiger partial charge in [-0.1, -0.05) is 12.1 Å². The Balaban J connectivity index is 2.23. The van der Waals surface area contributed by atoms with Crippen LogP contribution in [0.1, 0.15) is 16.7 Å². The van der Waals surface area contributed by atoms with Crippen molar-refractivity contribution >= 4 is 28.2 Å². The number of benzene rings is 2. The van der Waals surface area contributed by atoms with Gasteiger partial charge in [-0.25, -0.2) is 0 Å². The van der Waals surface area contributed by atoms with Gasteiger partial charge in [0.15, 0.2) is 11.5 Å². The third kappa shape index (κ3) is 3.70. The number of nitrogens with two attached hydrogens (primary N) is 2. The predicted octanol–water partition coefficient (Wildman–Crippen LogP) is 2.79. The second kappa shape index (κ2) is 8.14. The summed E-state index contributed by atoms with van der Waals surface area (Å²) in [5, 5.41) is 4.25. The van der Waals surface area contributed by atoms with Crippen LogP contribution in [0.4, 0.5) is 11.4 Å². The average Bonchev–Trinajstić information content (AvgIpc) is 2.69. The molecule has 146 valence electrons. The predicted molar refractivity (Wildman–Crippen MR) is 110 cm³/mol. The third-order valence-corrected chi connectivity index (χ3v) is 4.74. The number of anilines is 2. The number of primary amides is 1. The summed E-state index contributed by atoms with van der Waals surface area (Å²) >= 11 is 0. The second-order valence-corrected chi connectivity index (χ2v) is 6.44. The van der Waals surface area contributed by atoms with E-state index < -0.39 is 5.91 Å². The summed E-state index contributed by atoms with van der Waals surface area (Å²) < 4.78 is 10.8. The van der Waals surface area contributed by atoms with E-state index >= 15 is 0 Å². The first-order valence-electron chi connectivity index (χ1n) is 8.86. The third-order valence-electron chi connectivity index (χ3n) is 4.74. The van der Waals surface area contributed by atoms with Crippen molar-refractivity contribution in [2.45, 2.75) is 19.9 Å². The number of fused-ring (bicyclic) bond motifs is 1. The number of nitrogens with zero attached hydrogens (tertiary/aromatic N) is 1. The zero-order valence-corrected chi connectivity index (χ0v) is 16.2. The van der Waals surface area contributed by atoms with E-state index in [0.29, 0.717) is 29.1 Å². The number of aromatic nitrogens is 1. The lowest BCUT2D eigenvalue weighted by atomic mass is 10.0. The normalized spacial score (nSPS) is 10.7. The van der Waals surface area contributed by atoms with E-state index in [9.17, 15) is 4.79 Å². The van der Waals surface area contributed by atoms with Crippen LogP contribution in [0.25, 0.3) is 10.9 Å². The van der Waals surface area contributed by atoms with E-state index in [1.54, 1.807) is 26.5 Å². The molecular formula is C21H24N4O3. The van der Waals surface area contributed by atoms with E-state index in [4.69, 9.17) is 20.9 Å². The van der Waals surface area contributed by atoms with Crippen LogP contribution in [-0.2, 0) is 17.8 Å². The molecule has 7 heteroatoms. The maximum Gasteiger partial charge on any atom is 0.221 e. The fourth-order valence-corrected chi connectivity index (χ4v) is 3.20. The Bertz CT molecular complexity index is 1030. The molecule has 0 saturated carbocycles. The van der Waals surface area contributed by atoms with E-state index in [1.807, 2.05) is 31.2 Å². The largest absolute Gasteiger partial charge is 0.493 e. The molecular weight excluding hydrogens is 356 g/mol. The summed E-state index contributed by atoms with van der Waals surface area (Å²) in [6.45, 7) is 2.45. The van der Waals surface area contributed by atoms with Crippen molar-refractivity contribution in [2.24, 2.45) is 11.5 Å². The lowest BCUT2D eigenvalue weighted by Gasteiger charge is -2.18. The van der Waals surface area contributed by atoms with E-state index in [0.717, 1.165) is 27.9 Å². The fourth-order valence-electron chi connectivity index (χ4n) is 3.20. The first kappa shape index (κ1) is 19.4. The molecule has 0 fully saturated rings. The molecule has 0 aliphatic heterocycles. The highest BCUT2D eigenvalue weighted by Crippen LogP contribution is 2.37. The molecule has 1 heterocycles. The standard InChI is InChI=1S/C21H24N4O3/c1-12-13(10-22)5-4-6-16(12)25-21-14(7-20(23)26)11-24-17-9-19(28-3)18(27-2)8-15(17)21/h4-6,8-9,11H,7,10,22H2,1-3H3,(H2,23,26)(H,24,25). The maximum absolute atomic E-state index is 11.6. The Hall–Kier alpha value is -3.32. The van der Waals surface area contributed by atoms with Gasteiger partial charge in [-0.05, 0) is 30.2 Å². The molecule has 0 bridgehead atoms. The average molecular weight is 380 g/mol. The minimum absolute atomic E-state index is 0.0647. The summed E-state index contributed by atoms with van der Waals surface area (Å²) in [4.78, 5) is 16.1. The summed E-state index contributed by atoms with van der Waals surface area (Å²) in [6, 6.07) is 9.55. The minimum atomic E-state index is -0.433. The van der Waals surface area contributed by atoms with Crippen molar-refractivity contribution < 1.29 is 14.3 Å². The Labute approximate surface area is 163 Å². The Morgan fingerprint density at radius 2 is 1.86 bits per heavy atom. The number of hydrogen-bond acceptors (Lipinski definition) is 6. The fraction of sp³-hybridized carbons (Fsp3) is 0.238. The molecule has 0 radical (unpaired) electrons. The van der Waals surface area contributed by atoms with Crippen molar-refractivity contribution in [1.29, 1.82) is 0 Å². The van der Waals surface area contributed by atoms with E-state index in [-0.39, 0.29) is 6.42 Å². The zero-order chi connectivity index (χ0) is 20.3. The van der Waals surface area contributed by atoms with E-state index in [2.05, 4.69) is 10.3 Å². The smallest absolute Gasteiger partial charge is 0.221 e. The number of ether oxygens (including phenoxy) is 2. The molecule has 28 heavy (non-hydrogen) atoms. The zero-order valence-electron chi connectivity index (χ0n) is 16.2. The quantitative estimate of drug-likeness (QED) is 0.581. The van der Waals surface area contributed by atoms with Gasteiger partial charge in [0.25, 0.3) is 0 Å². The topological polar surface area (TPSA) is 112 Å². The number of hydrogen-bond donors (Lipinski definition) is 3. The van der Waals surface area contributed by atoms with Crippen LogP contribution in [0.3, 0.4) is 0 Å². The van der Waals surface area contributed by atoms with Gasteiger partial charge in [-0.15, -0.1) is 0 Å². The Morgan fingerprint density at radius 3 is 2.50 bits per heavy atom. The molecule has 7 nitrogen and oxygen atoms in total. The van der Waals surface area contributed by atoms with Gasteiger partial charge < -0.3 is 26.3 Å². The number of methoxy groups -OCH3 is 2. The highest BCUT2D eigenvalue weighted by Gasteiger charge is 2.16. The molecule has 3 aromatic rings. The first-order valence-corrected chi connectivity index (χ1v) is 8.86. The number of rotatable bonds is 7. The summed E-state index contributed by atoms with van der Waals surface area (Å²) in [5.41, 5.74) is 16.4. The number of nitrogens with one attached hydrogen (secondary N) is 1. The summed E-state index contributed by atoms with van der Waals surface area (Å²) in [6.07, 6.45) is 1.72. The number of pyridine rings is 1. The first-order chi connectivity index (χ1) is 13.5. The Kier molecular flexibility index (Phi) is 5.65. The lowest BCUT2D eigenvalue weighted by Crippen LogP contribution is -2.15. The molecule has 1 aromatic heterocycles. The van der Waals surface area contributed by atoms with Crippen molar-refractivity contribution in [1.82, 2.24) is 4.98 Å². The highest BCUT2D eigenvalue weighted by molar-refractivity contribution is 5.98. The van der Waals surface area contributed by atoms with Crippen LogP contribution in [0.2, 0.25) is 0 Å². The lowest BCUT2D eigenvalue weighted by molar-refractivity contribution is -0.117. The van der Waals surface area contributed by atoms with Gasteiger partial charge in [0.1, 0.15) is 0 Å². The molecule has 0 saturated heterocycles. The van der Waals surface area contributed by atoms with Crippen molar-refractivity contribution in [3.63, 3.8) is 0 Å². The molecule has 0 spiro atoms.